The largest absolute Gasteiger partial charge is 0.337 e. The number of rotatable bonds is 3. The van der Waals surface area contributed by atoms with E-state index >= 15 is 0 Å². The second kappa shape index (κ2) is 6.83. The van der Waals surface area contributed by atoms with E-state index in [0.717, 1.165) is 24.9 Å². The van der Waals surface area contributed by atoms with Crippen molar-refractivity contribution >= 4 is 11.4 Å². The number of fused-ring (bicyclic) bond motifs is 2. The molecule has 25 heavy (non-hydrogen) atoms. The number of benzene rings is 3. The van der Waals surface area contributed by atoms with Gasteiger partial charge >= 0.3 is 0 Å². The molecule has 3 aromatic rings. The highest BCUT2D eigenvalue weighted by atomic mass is 15.1. The summed E-state index contributed by atoms with van der Waals surface area (Å²) in [4.78, 5) is 2.42. The summed E-state index contributed by atoms with van der Waals surface area (Å²) in [7, 11) is 0. The number of para-hydroxylation sites is 1. The Morgan fingerprint density at radius 2 is 1.48 bits per heavy atom. The minimum absolute atomic E-state index is 0.471. The molecule has 0 bridgehead atoms. The monoisotopic (exact) mass is 324 g/mol. The maximum absolute atomic E-state index is 9.01. The van der Waals surface area contributed by atoms with Crippen molar-refractivity contribution in [2.24, 2.45) is 0 Å². The van der Waals surface area contributed by atoms with E-state index < -0.39 is 0 Å². The Kier molecular flexibility index (Phi) is 4.23. The SMILES string of the molecule is N#CCc1ccc2c(c1)CCc1ccccc1N2Cc1ccccc1. The number of nitrogens with zero attached hydrogens (tertiary/aromatic N) is 2. The average Bonchev–Trinajstić information content (AvgIpc) is 2.80. The van der Waals surface area contributed by atoms with Gasteiger partial charge in [-0.3, -0.25) is 0 Å². The van der Waals surface area contributed by atoms with E-state index in [-0.39, 0.29) is 0 Å². The quantitative estimate of drug-likeness (QED) is 0.663. The number of nitriles is 1. The molecule has 0 atom stereocenters. The van der Waals surface area contributed by atoms with Crippen LogP contribution in [0, 0.1) is 11.3 Å². The summed E-state index contributed by atoms with van der Waals surface area (Å²) in [6, 6.07) is 28.0. The summed E-state index contributed by atoms with van der Waals surface area (Å²) in [5.74, 6) is 0. The Morgan fingerprint density at radius 3 is 2.32 bits per heavy atom. The molecule has 0 aromatic heterocycles. The standard InChI is InChI=1S/C23H20N2/c24-15-14-18-10-13-23-21(16-18)12-11-20-8-4-5-9-22(20)25(23)17-19-6-2-1-3-7-19/h1-10,13,16H,11-12,14,17H2. The zero-order valence-corrected chi connectivity index (χ0v) is 14.2. The summed E-state index contributed by atoms with van der Waals surface area (Å²) in [5, 5.41) is 9.01. The van der Waals surface area contributed by atoms with Crippen LogP contribution in [0.25, 0.3) is 0 Å². The highest BCUT2D eigenvalue weighted by Gasteiger charge is 2.20. The van der Waals surface area contributed by atoms with E-state index in [2.05, 4.69) is 83.8 Å². The van der Waals surface area contributed by atoms with Gasteiger partial charge in [0, 0.05) is 17.9 Å². The fraction of sp³-hybridized carbons (Fsp3) is 0.174. The topological polar surface area (TPSA) is 27.0 Å². The fourth-order valence-corrected chi connectivity index (χ4v) is 3.62. The van der Waals surface area contributed by atoms with Gasteiger partial charge in [0.2, 0.25) is 0 Å². The summed E-state index contributed by atoms with van der Waals surface area (Å²) in [6.45, 7) is 0.850. The van der Waals surface area contributed by atoms with Crippen LogP contribution in [-0.2, 0) is 25.8 Å². The Morgan fingerprint density at radius 1 is 0.760 bits per heavy atom. The average molecular weight is 324 g/mol. The van der Waals surface area contributed by atoms with Crippen molar-refractivity contribution in [3.63, 3.8) is 0 Å². The molecule has 0 aliphatic carbocycles. The lowest BCUT2D eigenvalue weighted by molar-refractivity contribution is 0.968. The number of hydrogen-bond donors (Lipinski definition) is 0. The van der Waals surface area contributed by atoms with E-state index in [1.54, 1.807) is 0 Å². The van der Waals surface area contributed by atoms with Gasteiger partial charge in [0.1, 0.15) is 0 Å². The van der Waals surface area contributed by atoms with Crippen LogP contribution in [-0.4, -0.2) is 0 Å². The molecule has 0 spiro atoms. The van der Waals surface area contributed by atoms with Crippen LogP contribution >= 0.6 is 0 Å². The Balaban J connectivity index is 1.81. The minimum Gasteiger partial charge on any atom is -0.337 e. The Hall–Kier alpha value is -3.05. The maximum Gasteiger partial charge on any atom is 0.0669 e. The molecule has 3 aromatic carbocycles. The molecule has 1 aliphatic heterocycles. The third kappa shape index (κ3) is 3.14. The lowest BCUT2D eigenvalue weighted by atomic mass is 10.0. The van der Waals surface area contributed by atoms with Crippen LogP contribution in [0.3, 0.4) is 0 Å². The molecule has 0 radical (unpaired) electrons. The van der Waals surface area contributed by atoms with Crippen molar-refractivity contribution in [3.8, 4) is 6.07 Å². The lowest BCUT2D eigenvalue weighted by Gasteiger charge is -2.27. The number of hydrogen-bond acceptors (Lipinski definition) is 2. The summed E-state index contributed by atoms with van der Waals surface area (Å²) in [5.41, 5.74) is 7.67. The molecule has 4 rings (SSSR count). The van der Waals surface area contributed by atoms with Crippen molar-refractivity contribution in [1.82, 2.24) is 0 Å². The smallest absolute Gasteiger partial charge is 0.0669 e. The van der Waals surface area contributed by atoms with Crippen LogP contribution in [0.5, 0.6) is 0 Å². The molecular formula is C23H20N2. The molecule has 0 fully saturated rings. The van der Waals surface area contributed by atoms with E-state index in [1.807, 2.05) is 0 Å². The van der Waals surface area contributed by atoms with Crippen LogP contribution in [0.1, 0.15) is 22.3 Å². The second-order valence-corrected chi connectivity index (χ2v) is 6.50. The molecule has 0 saturated carbocycles. The van der Waals surface area contributed by atoms with Gasteiger partial charge in [0.25, 0.3) is 0 Å². The fourth-order valence-electron chi connectivity index (χ4n) is 3.62. The Bertz CT molecular complexity index is 922. The molecule has 2 nitrogen and oxygen atoms in total. The van der Waals surface area contributed by atoms with Gasteiger partial charge in [0.05, 0.1) is 12.5 Å². The highest BCUT2D eigenvalue weighted by Crippen LogP contribution is 2.37. The first kappa shape index (κ1) is 15.5. The maximum atomic E-state index is 9.01. The zero-order chi connectivity index (χ0) is 17.1. The summed E-state index contributed by atoms with van der Waals surface area (Å²) >= 11 is 0. The molecular weight excluding hydrogens is 304 g/mol. The first-order valence-electron chi connectivity index (χ1n) is 8.73. The molecule has 1 heterocycles. The van der Waals surface area contributed by atoms with E-state index in [1.165, 1.54) is 28.1 Å². The van der Waals surface area contributed by atoms with Crippen molar-refractivity contribution in [2.45, 2.75) is 25.8 Å². The predicted octanol–water partition coefficient (Wildman–Crippen LogP) is 5.19. The minimum atomic E-state index is 0.471. The molecule has 122 valence electrons. The third-order valence-corrected chi connectivity index (χ3v) is 4.85. The Labute approximate surface area is 149 Å². The van der Waals surface area contributed by atoms with Crippen molar-refractivity contribution in [3.05, 3.63) is 95.1 Å². The number of anilines is 2. The van der Waals surface area contributed by atoms with E-state index in [4.69, 9.17) is 5.26 Å². The van der Waals surface area contributed by atoms with Crippen LogP contribution in [0.4, 0.5) is 11.4 Å². The predicted molar refractivity (Wildman–Crippen MR) is 102 cm³/mol. The lowest BCUT2D eigenvalue weighted by Crippen LogP contribution is -2.17. The van der Waals surface area contributed by atoms with Gasteiger partial charge in [-0.05, 0) is 47.2 Å². The van der Waals surface area contributed by atoms with Crippen molar-refractivity contribution < 1.29 is 0 Å². The van der Waals surface area contributed by atoms with Gasteiger partial charge in [-0.2, -0.15) is 5.26 Å². The van der Waals surface area contributed by atoms with Gasteiger partial charge in [-0.15, -0.1) is 0 Å². The summed E-state index contributed by atoms with van der Waals surface area (Å²) in [6.07, 6.45) is 2.51. The van der Waals surface area contributed by atoms with Crippen LogP contribution in [0.2, 0.25) is 0 Å². The van der Waals surface area contributed by atoms with E-state index in [0.29, 0.717) is 6.42 Å². The molecule has 0 saturated heterocycles. The van der Waals surface area contributed by atoms with Gasteiger partial charge in [-0.25, -0.2) is 0 Å². The van der Waals surface area contributed by atoms with Gasteiger partial charge < -0.3 is 4.90 Å². The van der Waals surface area contributed by atoms with E-state index in [9.17, 15) is 0 Å². The van der Waals surface area contributed by atoms with Crippen LogP contribution < -0.4 is 4.90 Å². The molecule has 0 unspecified atom stereocenters. The number of aryl methyl sites for hydroxylation is 2. The first-order chi connectivity index (χ1) is 12.3. The molecule has 1 aliphatic rings. The molecule has 2 heteroatoms. The van der Waals surface area contributed by atoms with Crippen molar-refractivity contribution in [2.75, 3.05) is 4.90 Å². The van der Waals surface area contributed by atoms with Gasteiger partial charge in [-0.1, -0.05) is 60.7 Å². The second-order valence-electron chi connectivity index (χ2n) is 6.50. The highest BCUT2D eigenvalue weighted by molar-refractivity contribution is 5.71. The van der Waals surface area contributed by atoms with Crippen LogP contribution in [0.15, 0.2) is 72.8 Å². The zero-order valence-electron chi connectivity index (χ0n) is 14.2. The van der Waals surface area contributed by atoms with Gasteiger partial charge in [0.15, 0.2) is 0 Å². The molecule has 0 amide bonds. The summed E-state index contributed by atoms with van der Waals surface area (Å²) < 4.78 is 0. The molecule has 0 N–H and O–H groups in total. The third-order valence-electron chi connectivity index (χ3n) is 4.85. The normalized spacial score (nSPS) is 12.7. The first-order valence-corrected chi connectivity index (χ1v) is 8.73. The van der Waals surface area contributed by atoms with Crippen molar-refractivity contribution in [1.29, 1.82) is 5.26 Å².